The second-order valence-corrected chi connectivity index (χ2v) is 2.87. The van der Waals surface area contributed by atoms with Crippen molar-refractivity contribution in [2.75, 3.05) is 5.32 Å². The van der Waals surface area contributed by atoms with Crippen molar-refractivity contribution >= 4 is 17.6 Å². The van der Waals surface area contributed by atoms with Gasteiger partial charge in [-0.2, -0.15) is 0 Å². The van der Waals surface area contributed by atoms with Crippen molar-refractivity contribution in [2.45, 2.75) is 13.3 Å². The van der Waals surface area contributed by atoms with Crippen LogP contribution in [0.15, 0.2) is 18.5 Å². The van der Waals surface area contributed by atoms with Gasteiger partial charge in [0.2, 0.25) is 5.91 Å². The molecule has 5 heteroatoms. The normalized spacial score (nSPS) is 9.50. The predicted octanol–water partition coefficient (Wildman–Crippen LogP) is 0.803. The molecule has 0 saturated carbocycles. The third-order valence-electron chi connectivity index (χ3n) is 1.47. The van der Waals surface area contributed by atoms with Gasteiger partial charge in [-0.1, -0.05) is 0 Å². The molecule has 0 bridgehead atoms. The minimum atomic E-state index is -1.15. The molecule has 0 spiro atoms. The minimum absolute atomic E-state index is 0.510. The summed E-state index contributed by atoms with van der Waals surface area (Å²) in [5.74, 6) is -1.70. The summed E-state index contributed by atoms with van der Waals surface area (Å²) in [5, 5.41) is 10.8. The number of aliphatic carboxylic acids is 1. The van der Waals surface area contributed by atoms with E-state index in [1.54, 1.807) is 12.3 Å². The van der Waals surface area contributed by atoms with E-state index in [1.165, 1.54) is 6.20 Å². The van der Waals surface area contributed by atoms with Gasteiger partial charge in [0.25, 0.3) is 0 Å². The van der Waals surface area contributed by atoms with Gasteiger partial charge in [-0.3, -0.25) is 14.6 Å². The van der Waals surface area contributed by atoms with E-state index in [9.17, 15) is 9.59 Å². The van der Waals surface area contributed by atoms with Gasteiger partial charge in [0.1, 0.15) is 6.42 Å². The number of rotatable bonds is 3. The van der Waals surface area contributed by atoms with Crippen LogP contribution >= 0.6 is 0 Å². The van der Waals surface area contributed by atoms with Crippen molar-refractivity contribution in [1.82, 2.24) is 4.98 Å². The van der Waals surface area contributed by atoms with Crippen molar-refractivity contribution < 1.29 is 14.7 Å². The first kappa shape index (κ1) is 10.2. The SMILES string of the molecule is Cc1cncc(NC(=O)CC(=O)O)c1. The highest BCUT2D eigenvalue weighted by Gasteiger charge is 2.07. The van der Waals surface area contributed by atoms with Crippen LogP contribution in [0.3, 0.4) is 0 Å². The van der Waals surface area contributed by atoms with Crippen LogP contribution < -0.4 is 5.32 Å². The number of hydrogen-bond acceptors (Lipinski definition) is 3. The number of aromatic nitrogens is 1. The summed E-state index contributed by atoms with van der Waals surface area (Å²) in [7, 11) is 0. The van der Waals surface area contributed by atoms with E-state index in [0.717, 1.165) is 5.56 Å². The molecule has 0 aromatic carbocycles. The molecule has 0 radical (unpaired) electrons. The molecular formula is C9H10N2O3. The van der Waals surface area contributed by atoms with Crippen LogP contribution in [-0.4, -0.2) is 22.0 Å². The highest BCUT2D eigenvalue weighted by molar-refractivity contribution is 6.01. The first-order chi connectivity index (χ1) is 6.58. The maximum absolute atomic E-state index is 11.0. The fraction of sp³-hybridized carbons (Fsp3) is 0.222. The smallest absolute Gasteiger partial charge is 0.312 e. The Bertz CT molecular complexity index is 363. The Kier molecular flexibility index (Phi) is 3.17. The summed E-state index contributed by atoms with van der Waals surface area (Å²) in [6, 6.07) is 1.72. The third kappa shape index (κ3) is 3.22. The molecule has 74 valence electrons. The molecule has 0 saturated heterocycles. The Morgan fingerprint density at radius 1 is 1.50 bits per heavy atom. The first-order valence-electron chi connectivity index (χ1n) is 4.01. The van der Waals surface area contributed by atoms with Crippen LogP contribution in [-0.2, 0) is 9.59 Å². The molecule has 1 aromatic rings. The molecule has 0 fully saturated rings. The topological polar surface area (TPSA) is 79.3 Å². The second-order valence-electron chi connectivity index (χ2n) is 2.87. The number of pyridine rings is 1. The lowest BCUT2D eigenvalue weighted by atomic mass is 10.3. The zero-order valence-electron chi connectivity index (χ0n) is 7.65. The average molecular weight is 194 g/mol. The number of anilines is 1. The molecule has 1 amide bonds. The van der Waals surface area contributed by atoms with Crippen LogP contribution in [0, 0.1) is 6.92 Å². The number of hydrogen-bond donors (Lipinski definition) is 2. The molecule has 0 unspecified atom stereocenters. The molecule has 1 heterocycles. The van der Waals surface area contributed by atoms with Gasteiger partial charge in [-0.15, -0.1) is 0 Å². The quantitative estimate of drug-likeness (QED) is 0.697. The van der Waals surface area contributed by atoms with E-state index in [4.69, 9.17) is 5.11 Å². The van der Waals surface area contributed by atoms with Crippen LogP contribution in [0.4, 0.5) is 5.69 Å². The minimum Gasteiger partial charge on any atom is -0.481 e. The van der Waals surface area contributed by atoms with E-state index in [2.05, 4.69) is 10.3 Å². The summed E-state index contributed by atoms with van der Waals surface area (Å²) in [4.78, 5) is 25.1. The summed E-state index contributed by atoms with van der Waals surface area (Å²) in [5.41, 5.74) is 1.41. The van der Waals surface area contributed by atoms with E-state index < -0.39 is 18.3 Å². The van der Waals surface area contributed by atoms with Gasteiger partial charge < -0.3 is 10.4 Å². The fourth-order valence-electron chi connectivity index (χ4n) is 0.966. The van der Waals surface area contributed by atoms with Crippen molar-refractivity contribution in [2.24, 2.45) is 0 Å². The lowest BCUT2D eigenvalue weighted by Gasteiger charge is -2.02. The molecule has 2 N–H and O–H groups in total. The van der Waals surface area contributed by atoms with E-state index >= 15 is 0 Å². The van der Waals surface area contributed by atoms with Crippen molar-refractivity contribution in [3.05, 3.63) is 24.0 Å². The Morgan fingerprint density at radius 2 is 2.21 bits per heavy atom. The van der Waals surface area contributed by atoms with Gasteiger partial charge in [-0.25, -0.2) is 0 Å². The van der Waals surface area contributed by atoms with E-state index in [-0.39, 0.29) is 0 Å². The molecule has 0 aliphatic heterocycles. The largest absolute Gasteiger partial charge is 0.481 e. The Labute approximate surface area is 80.8 Å². The number of carbonyl (C=O) groups is 2. The summed E-state index contributed by atoms with van der Waals surface area (Å²) in [6.45, 7) is 1.83. The zero-order valence-corrected chi connectivity index (χ0v) is 7.65. The maximum atomic E-state index is 11.0. The molecular weight excluding hydrogens is 184 g/mol. The van der Waals surface area contributed by atoms with E-state index in [0.29, 0.717) is 5.69 Å². The monoisotopic (exact) mass is 194 g/mol. The van der Waals surface area contributed by atoms with Gasteiger partial charge in [0.15, 0.2) is 0 Å². The summed E-state index contributed by atoms with van der Waals surface area (Å²) in [6.07, 6.45) is 2.58. The number of amides is 1. The number of nitrogens with one attached hydrogen (secondary N) is 1. The predicted molar refractivity (Wildman–Crippen MR) is 49.9 cm³/mol. The van der Waals surface area contributed by atoms with Crippen LogP contribution in [0.1, 0.15) is 12.0 Å². The number of carbonyl (C=O) groups excluding carboxylic acids is 1. The van der Waals surface area contributed by atoms with Gasteiger partial charge >= 0.3 is 5.97 Å². The number of nitrogens with zero attached hydrogens (tertiary/aromatic N) is 1. The van der Waals surface area contributed by atoms with Gasteiger partial charge in [-0.05, 0) is 18.6 Å². The van der Waals surface area contributed by atoms with Crippen molar-refractivity contribution in [3.63, 3.8) is 0 Å². The van der Waals surface area contributed by atoms with Gasteiger partial charge in [0, 0.05) is 6.20 Å². The Balaban J connectivity index is 2.60. The highest BCUT2D eigenvalue weighted by atomic mass is 16.4. The molecule has 0 atom stereocenters. The molecule has 0 aliphatic carbocycles. The van der Waals surface area contributed by atoms with Crippen molar-refractivity contribution in [3.8, 4) is 0 Å². The number of aryl methyl sites for hydroxylation is 1. The summed E-state index contributed by atoms with van der Waals surface area (Å²) >= 11 is 0. The standard InChI is InChI=1S/C9H10N2O3/c1-6-2-7(5-10-4-6)11-8(12)3-9(13)14/h2,4-5H,3H2,1H3,(H,11,12)(H,13,14). The summed E-state index contributed by atoms with van der Waals surface area (Å²) < 4.78 is 0. The molecule has 1 aromatic heterocycles. The first-order valence-corrected chi connectivity index (χ1v) is 4.01. The third-order valence-corrected chi connectivity index (χ3v) is 1.47. The van der Waals surface area contributed by atoms with Crippen molar-refractivity contribution in [1.29, 1.82) is 0 Å². The number of carboxylic acids is 1. The van der Waals surface area contributed by atoms with E-state index in [1.807, 2.05) is 6.92 Å². The van der Waals surface area contributed by atoms with Gasteiger partial charge in [0.05, 0.1) is 11.9 Å². The Morgan fingerprint density at radius 3 is 2.79 bits per heavy atom. The molecule has 5 nitrogen and oxygen atoms in total. The Hall–Kier alpha value is -1.91. The molecule has 1 rings (SSSR count). The lowest BCUT2D eigenvalue weighted by molar-refractivity contribution is -0.139. The highest BCUT2D eigenvalue weighted by Crippen LogP contribution is 2.07. The average Bonchev–Trinajstić information content (AvgIpc) is 2.01. The fourth-order valence-corrected chi connectivity index (χ4v) is 0.966. The van der Waals surface area contributed by atoms with Crippen LogP contribution in [0.2, 0.25) is 0 Å². The molecule has 0 aliphatic rings. The lowest BCUT2D eigenvalue weighted by Crippen LogP contribution is -2.15. The maximum Gasteiger partial charge on any atom is 0.312 e. The zero-order chi connectivity index (χ0) is 10.6. The second kappa shape index (κ2) is 4.36. The number of carboxylic acid groups (broad SMARTS) is 1. The van der Waals surface area contributed by atoms with Crippen LogP contribution in [0.5, 0.6) is 0 Å². The van der Waals surface area contributed by atoms with Crippen LogP contribution in [0.25, 0.3) is 0 Å². The molecule has 14 heavy (non-hydrogen) atoms.